The molecule has 14 heteroatoms. The molecule has 0 bridgehead atoms. The number of halogens is 2. The molecule has 0 aliphatic carbocycles. The van der Waals surface area contributed by atoms with Gasteiger partial charge in [0.25, 0.3) is 10.0 Å². The van der Waals surface area contributed by atoms with E-state index in [1.807, 2.05) is 4.90 Å². The third-order valence-corrected chi connectivity index (χ3v) is 9.44. The molecule has 1 aliphatic rings. The first-order valence-electron chi connectivity index (χ1n) is 11.4. The summed E-state index contributed by atoms with van der Waals surface area (Å²) in [5, 5.41) is 0.755. The molecule has 0 radical (unpaired) electrons. The maximum atomic E-state index is 13.6. The minimum atomic E-state index is -4.39. The van der Waals surface area contributed by atoms with Crippen molar-refractivity contribution in [3.05, 3.63) is 58.7 Å². The number of fused-ring (bicyclic) bond motifs is 1. The Kier molecular flexibility index (Phi) is 8.67. The second kappa shape index (κ2) is 11.4. The van der Waals surface area contributed by atoms with Crippen molar-refractivity contribution in [2.45, 2.75) is 11.8 Å². The van der Waals surface area contributed by atoms with E-state index in [0.29, 0.717) is 37.2 Å². The lowest BCUT2D eigenvalue weighted by Crippen LogP contribution is -2.40. The van der Waals surface area contributed by atoms with Gasteiger partial charge in [-0.25, -0.2) is 8.42 Å². The summed E-state index contributed by atoms with van der Waals surface area (Å²) in [5.41, 5.74) is 0.679. The summed E-state index contributed by atoms with van der Waals surface area (Å²) in [4.78, 5) is 25.0. The highest BCUT2D eigenvalue weighted by Gasteiger charge is 2.33. The lowest BCUT2D eigenvalue weighted by molar-refractivity contribution is 0.0350. The summed E-state index contributed by atoms with van der Waals surface area (Å²) in [6.45, 7) is 4.13. The minimum Gasteiger partial charge on any atom is -0.379 e. The molecule has 37 heavy (non-hydrogen) atoms. The van der Waals surface area contributed by atoms with E-state index in [2.05, 4.69) is 0 Å². The Morgan fingerprint density at radius 3 is 2.46 bits per heavy atom. The van der Waals surface area contributed by atoms with Crippen molar-refractivity contribution in [1.82, 2.24) is 9.47 Å². The monoisotopic (exact) mass is 589 g/mol. The molecular weight excluding hydrogens is 564 g/mol. The Morgan fingerprint density at radius 2 is 1.81 bits per heavy atom. The number of sulfonamides is 1. The number of anilines is 1. The minimum absolute atomic E-state index is 0.0855. The molecule has 0 spiro atoms. The fourth-order valence-corrected chi connectivity index (χ4v) is 7.91. The van der Waals surface area contributed by atoms with Gasteiger partial charge in [0.15, 0.2) is 0 Å². The average Bonchev–Trinajstić information content (AvgIpc) is 3.26. The number of hydrogen-bond acceptors (Lipinski definition) is 7. The van der Waals surface area contributed by atoms with Crippen molar-refractivity contribution in [3.63, 3.8) is 0 Å². The van der Waals surface area contributed by atoms with Gasteiger partial charge in [-0.05, 0) is 49.4 Å². The van der Waals surface area contributed by atoms with Crippen LogP contribution in [0.3, 0.4) is 0 Å². The van der Waals surface area contributed by atoms with Gasteiger partial charge in [-0.1, -0.05) is 23.2 Å². The highest BCUT2D eigenvalue weighted by molar-refractivity contribution is 7.93. The lowest BCUT2D eigenvalue weighted by Gasteiger charge is -2.27. The number of carbonyl (C=O) groups is 1. The van der Waals surface area contributed by atoms with Gasteiger partial charge in [0, 0.05) is 34.7 Å². The van der Waals surface area contributed by atoms with E-state index in [1.54, 1.807) is 18.3 Å². The normalized spacial score (nSPS) is 16.5. The maximum absolute atomic E-state index is 13.6. The topological polar surface area (TPSA) is 118 Å². The fraction of sp³-hybridized carbons (Fsp3) is 0.348. The van der Waals surface area contributed by atoms with Gasteiger partial charge in [-0.15, -0.1) is 0 Å². The summed E-state index contributed by atoms with van der Waals surface area (Å²) >= 11 is 12.1. The molecule has 200 valence electrons. The molecule has 4 rings (SSSR count). The van der Waals surface area contributed by atoms with E-state index in [9.17, 15) is 22.7 Å². The van der Waals surface area contributed by atoms with Crippen LogP contribution in [0.2, 0.25) is 10.0 Å². The molecule has 10 nitrogen and oxygen atoms in total. The van der Waals surface area contributed by atoms with Gasteiger partial charge in [-0.2, -0.15) is 0 Å². The van der Waals surface area contributed by atoms with E-state index in [4.69, 9.17) is 32.5 Å². The molecule has 2 aromatic carbocycles. The SMILES string of the molecule is CCOP(=O)(O)CN(c1ccc2c(ccn2C(=O)CN2CCOCC2)c1)S(=O)(=O)c1cc(Cl)cc(Cl)c1. The van der Waals surface area contributed by atoms with Crippen LogP contribution in [-0.2, 0) is 23.8 Å². The largest absolute Gasteiger partial charge is 0.379 e. The van der Waals surface area contributed by atoms with Gasteiger partial charge < -0.3 is 14.2 Å². The summed E-state index contributed by atoms with van der Waals surface area (Å²) in [5.74, 6) is -0.140. The van der Waals surface area contributed by atoms with Crippen LogP contribution in [0.4, 0.5) is 5.69 Å². The molecule has 1 atom stereocenters. The predicted octanol–water partition coefficient (Wildman–Crippen LogP) is 4.30. The van der Waals surface area contributed by atoms with Gasteiger partial charge in [0.05, 0.1) is 42.5 Å². The van der Waals surface area contributed by atoms with E-state index < -0.39 is 23.9 Å². The van der Waals surface area contributed by atoms with Crippen molar-refractivity contribution in [1.29, 1.82) is 0 Å². The van der Waals surface area contributed by atoms with Crippen molar-refractivity contribution in [3.8, 4) is 0 Å². The molecule has 1 unspecified atom stereocenters. The quantitative estimate of drug-likeness (QED) is 0.367. The predicted molar refractivity (Wildman–Crippen MR) is 142 cm³/mol. The molecule has 1 N–H and O–H groups in total. The number of rotatable bonds is 9. The third-order valence-electron chi connectivity index (χ3n) is 5.76. The second-order valence-corrected chi connectivity index (χ2v) is 12.9. The third kappa shape index (κ3) is 6.55. The number of carbonyl (C=O) groups excluding carboxylic acids is 1. The average molecular weight is 590 g/mol. The Hall–Kier alpha value is -1.95. The van der Waals surface area contributed by atoms with E-state index in [1.165, 1.54) is 41.8 Å². The van der Waals surface area contributed by atoms with Gasteiger partial charge in [-0.3, -0.25) is 23.1 Å². The molecule has 1 saturated heterocycles. The zero-order valence-electron chi connectivity index (χ0n) is 19.9. The van der Waals surface area contributed by atoms with E-state index in [0.717, 1.165) is 4.31 Å². The van der Waals surface area contributed by atoms with Crippen LogP contribution in [0.1, 0.15) is 11.7 Å². The second-order valence-electron chi connectivity index (χ2n) is 8.37. The van der Waals surface area contributed by atoms with Crippen molar-refractivity contribution in [2.75, 3.05) is 50.0 Å². The number of benzene rings is 2. The standard InChI is InChI=1S/C23H26Cl2N3O7PS/c1-2-35-36(30,31)16-28(37(32,33)21-13-18(24)12-19(25)14-21)20-3-4-22-17(11-20)5-6-27(22)23(29)15-26-7-9-34-10-8-26/h3-6,11-14H,2,7-10,15-16H2,1H3,(H,30,31). The molecule has 1 aliphatic heterocycles. The lowest BCUT2D eigenvalue weighted by atomic mass is 10.2. The molecule has 0 saturated carbocycles. The van der Waals surface area contributed by atoms with Gasteiger partial charge >= 0.3 is 7.60 Å². The molecule has 0 amide bonds. The first-order valence-corrected chi connectivity index (χ1v) is 15.4. The molecule has 1 fully saturated rings. The van der Waals surface area contributed by atoms with Crippen molar-refractivity contribution >= 4 is 63.3 Å². The summed E-state index contributed by atoms with van der Waals surface area (Å²) in [7, 11) is -8.73. The molecule has 1 aromatic heterocycles. The number of ether oxygens (including phenoxy) is 1. The maximum Gasteiger partial charge on any atom is 0.348 e. The summed E-state index contributed by atoms with van der Waals surface area (Å²) < 4.78 is 52.5. The van der Waals surface area contributed by atoms with Crippen molar-refractivity contribution < 1.29 is 31.9 Å². The Bertz CT molecular complexity index is 1440. The first kappa shape index (κ1) is 28.1. The van der Waals surface area contributed by atoms with Crippen molar-refractivity contribution in [2.24, 2.45) is 0 Å². The fourth-order valence-electron chi connectivity index (χ4n) is 4.04. The smallest absolute Gasteiger partial charge is 0.348 e. The van der Waals surface area contributed by atoms with E-state index >= 15 is 0 Å². The first-order chi connectivity index (χ1) is 17.5. The highest BCUT2D eigenvalue weighted by Crippen LogP contribution is 2.45. The Morgan fingerprint density at radius 1 is 1.14 bits per heavy atom. The van der Waals surface area contributed by atoms with Crippen LogP contribution in [0, 0.1) is 0 Å². The number of morpholine rings is 1. The van der Waals surface area contributed by atoms with Crippen LogP contribution in [-0.4, -0.2) is 74.4 Å². The number of aromatic nitrogens is 1. The Balaban J connectivity index is 1.72. The van der Waals surface area contributed by atoms with Crippen LogP contribution in [0.15, 0.2) is 53.6 Å². The van der Waals surface area contributed by atoms with E-state index in [-0.39, 0.29) is 39.7 Å². The molecular formula is C23H26Cl2N3O7PS. The van der Waals surface area contributed by atoms with Crippen LogP contribution in [0.25, 0.3) is 10.9 Å². The van der Waals surface area contributed by atoms with Crippen LogP contribution < -0.4 is 4.31 Å². The zero-order chi connectivity index (χ0) is 26.8. The van der Waals surface area contributed by atoms with Gasteiger partial charge in [0.1, 0.15) is 6.29 Å². The van der Waals surface area contributed by atoms with Crippen LogP contribution in [0.5, 0.6) is 0 Å². The molecule has 2 heterocycles. The number of hydrogen-bond donors (Lipinski definition) is 1. The van der Waals surface area contributed by atoms with Crippen LogP contribution >= 0.6 is 30.8 Å². The zero-order valence-corrected chi connectivity index (χ0v) is 23.1. The Labute approximate surface area is 224 Å². The number of nitrogens with zero attached hydrogens (tertiary/aromatic N) is 3. The van der Waals surface area contributed by atoms with Gasteiger partial charge in [0.2, 0.25) is 5.91 Å². The summed E-state index contributed by atoms with van der Waals surface area (Å²) in [6, 6.07) is 10.1. The molecule has 3 aromatic rings. The summed E-state index contributed by atoms with van der Waals surface area (Å²) in [6.07, 6.45) is 0.777. The highest BCUT2D eigenvalue weighted by atomic mass is 35.5.